The number of hydrogen-bond acceptors (Lipinski definition) is 8. The molecule has 0 fully saturated rings. The van der Waals surface area contributed by atoms with E-state index in [1.165, 1.54) is 38.5 Å². The number of nitrogens with zero attached hydrogens (tertiary/aromatic N) is 1. The van der Waals surface area contributed by atoms with E-state index in [4.69, 9.17) is 18.9 Å². The lowest BCUT2D eigenvalue weighted by Gasteiger charge is -2.17. The summed E-state index contributed by atoms with van der Waals surface area (Å²) in [6, 6.07) is 0. The van der Waals surface area contributed by atoms with Crippen LogP contribution in [-0.2, 0) is 28.5 Å². The number of esters is 2. The molecule has 0 saturated heterocycles. The molecule has 0 amide bonds. The molecule has 0 aromatic rings. The highest BCUT2D eigenvalue weighted by molar-refractivity contribution is 5.82. The van der Waals surface area contributed by atoms with Gasteiger partial charge >= 0.3 is 18.1 Å². The minimum atomic E-state index is -0.776. The van der Waals surface area contributed by atoms with Gasteiger partial charge < -0.3 is 23.8 Å². The zero-order chi connectivity index (χ0) is 36.9. The zero-order valence-corrected chi connectivity index (χ0v) is 32.9. The number of ether oxygens (including phenoxy) is 4. The Balaban J connectivity index is 4.68. The molecule has 0 saturated carbocycles. The molecule has 8 nitrogen and oxygen atoms in total. The number of hydrogen-bond donors (Lipinski definition) is 0. The van der Waals surface area contributed by atoms with Gasteiger partial charge in [0.2, 0.25) is 0 Å². The second kappa shape index (κ2) is 36.2. The van der Waals surface area contributed by atoms with Gasteiger partial charge in [0.1, 0.15) is 19.8 Å². The van der Waals surface area contributed by atoms with Crippen LogP contribution < -0.4 is 0 Å². The van der Waals surface area contributed by atoms with Crippen molar-refractivity contribution in [2.45, 2.75) is 162 Å². The van der Waals surface area contributed by atoms with Crippen molar-refractivity contribution in [1.82, 2.24) is 4.90 Å². The van der Waals surface area contributed by atoms with E-state index in [1.54, 1.807) is 6.08 Å². The third kappa shape index (κ3) is 33.9. The quantitative estimate of drug-likeness (QED) is 0.0215. The number of unbranched alkanes of at least 4 members (excludes halogenated alkanes) is 13. The largest absolute Gasteiger partial charge is 0.508 e. The fraction of sp³-hybridized carbons (Fsp3) is 0.786. The van der Waals surface area contributed by atoms with Crippen LogP contribution in [0, 0.1) is 5.92 Å². The van der Waals surface area contributed by atoms with Gasteiger partial charge in [-0.05, 0) is 84.7 Å². The van der Waals surface area contributed by atoms with Gasteiger partial charge in [-0.1, -0.05) is 115 Å². The maximum Gasteiger partial charge on any atom is 0.508 e. The smallest absolute Gasteiger partial charge is 0.465 e. The molecule has 8 heteroatoms. The minimum absolute atomic E-state index is 0.00434. The Labute approximate surface area is 306 Å². The van der Waals surface area contributed by atoms with Crippen LogP contribution >= 0.6 is 0 Å². The van der Waals surface area contributed by atoms with E-state index in [1.807, 2.05) is 19.0 Å². The maximum atomic E-state index is 12.8. The summed E-state index contributed by atoms with van der Waals surface area (Å²) < 4.78 is 21.6. The topological polar surface area (TPSA) is 91.4 Å². The monoisotopic (exact) mass is 706 g/mol. The molecule has 0 spiro atoms. The first-order chi connectivity index (χ1) is 24.3. The van der Waals surface area contributed by atoms with Crippen molar-refractivity contribution in [3.05, 3.63) is 36.0 Å². The fourth-order valence-corrected chi connectivity index (χ4v) is 5.33. The molecule has 0 rings (SSSR count). The summed E-state index contributed by atoms with van der Waals surface area (Å²) in [6.07, 6.45) is 33.0. The van der Waals surface area contributed by atoms with E-state index in [9.17, 15) is 14.4 Å². The van der Waals surface area contributed by atoms with Gasteiger partial charge in [-0.3, -0.25) is 4.79 Å². The molecular weight excluding hydrogens is 630 g/mol. The van der Waals surface area contributed by atoms with Crippen LogP contribution in [0.15, 0.2) is 36.0 Å². The first-order valence-electron chi connectivity index (χ1n) is 20.1. The molecule has 290 valence electrons. The number of rotatable bonds is 34. The van der Waals surface area contributed by atoms with E-state index in [2.05, 4.69) is 45.1 Å². The van der Waals surface area contributed by atoms with Gasteiger partial charge in [0.15, 0.2) is 0 Å². The molecule has 50 heavy (non-hydrogen) atoms. The van der Waals surface area contributed by atoms with Crippen LogP contribution in [0.4, 0.5) is 4.79 Å². The predicted octanol–water partition coefficient (Wildman–Crippen LogP) is 11.1. The first kappa shape index (κ1) is 47.4. The van der Waals surface area contributed by atoms with Crippen molar-refractivity contribution in [3.8, 4) is 0 Å². The molecule has 0 aliphatic rings. The third-order valence-electron chi connectivity index (χ3n) is 8.45. The van der Waals surface area contributed by atoms with Crippen LogP contribution in [0.25, 0.3) is 0 Å². The van der Waals surface area contributed by atoms with Crippen molar-refractivity contribution in [3.63, 3.8) is 0 Å². The normalized spacial score (nSPS) is 12.6. The highest BCUT2D eigenvalue weighted by atomic mass is 16.7. The second-order valence-corrected chi connectivity index (χ2v) is 13.8. The van der Waals surface area contributed by atoms with Crippen molar-refractivity contribution >= 4 is 18.1 Å². The van der Waals surface area contributed by atoms with Crippen LogP contribution in [0.5, 0.6) is 0 Å². The van der Waals surface area contributed by atoms with Crippen molar-refractivity contribution in [2.24, 2.45) is 5.92 Å². The van der Waals surface area contributed by atoms with E-state index < -0.39 is 18.0 Å². The molecule has 1 unspecified atom stereocenters. The molecule has 0 aromatic heterocycles. The Morgan fingerprint density at radius 2 is 1.08 bits per heavy atom. The lowest BCUT2D eigenvalue weighted by Crippen LogP contribution is -2.26. The highest BCUT2D eigenvalue weighted by Gasteiger charge is 2.18. The SMILES string of the molecule is CCCCC/C=C\C/C=C\CCCCCCCC(=O)OCC(COC(=O)/C=C(\CCCCC)CCCCCC)COC(=O)OCCCN(C)C. The first-order valence-corrected chi connectivity index (χ1v) is 20.1. The highest BCUT2D eigenvalue weighted by Crippen LogP contribution is 2.18. The van der Waals surface area contributed by atoms with Crippen LogP contribution in [0.1, 0.15) is 162 Å². The van der Waals surface area contributed by atoms with Crippen molar-refractivity contribution in [2.75, 3.05) is 47.1 Å². The molecule has 0 aliphatic heterocycles. The predicted molar refractivity (Wildman–Crippen MR) is 206 cm³/mol. The van der Waals surface area contributed by atoms with Gasteiger partial charge in [0.25, 0.3) is 0 Å². The van der Waals surface area contributed by atoms with E-state index in [0.717, 1.165) is 102 Å². The lowest BCUT2D eigenvalue weighted by molar-refractivity contribution is -0.148. The molecule has 0 radical (unpaired) electrons. The molecule has 0 heterocycles. The lowest BCUT2D eigenvalue weighted by atomic mass is 10.0. The Bertz CT molecular complexity index is 912. The van der Waals surface area contributed by atoms with Gasteiger partial charge in [0.05, 0.1) is 12.5 Å². The second-order valence-electron chi connectivity index (χ2n) is 13.8. The Kier molecular flexibility index (Phi) is 34.3. The molecular formula is C42H75NO7. The summed E-state index contributed by atoms with van der Waals surface area (Å²) in [7, 11) is 3.91. The van der Waals surface area contributed by atoms with Crippen LogP contribution in [0.3, 0.4) is 0 Å². The Morgan fingerprint density at radius 1 is 0.560 bits per heavy atom. The van der Waals surface area contributed by atoms with Crippen molar-refractivity contribution < 1.29 is 33.3 Å². The number of carbonyl (C=O) groups is 3. The fourth-order valence-electron chi connectivity index (χ4n) is 5.33. The summed E-state index contributed by atoms with van der Waals surface area (Å²) in [4.78, 5) is 39.5. The van der Waals surface area contributed by atoms with Crippen LogP contribution in [0.2, 0.25) is 0 Å². The number of allylic oxidation sites excluding steroid dienone is 5. The summed E-state index contributed by atoms with van der Waals surface area (Å²) in [5, 5.41) is 0. The van der Waals surface area contributed by atoms with Gasteiger partial charge in [-0.2, -0.15) is 0 Å². The molecule has 0 N–H and O–H groups in total. The summed E-state index contributed by atoms with van der Waals surface area (Å²) >= 11 is 0. The van der Waals surface area contributed by atoms with E-state index in [0.29, 0.717) is 12.8 Å². The molecule has 1 atom stereocenters. The van der Waals surface area contributed by atoms with E-state index >= 15 is 0 Å². The average molecular weight is 706 g/mol. The van der Waals surface area contributed by atoms with E-state index in [-0.39, 0.29) is 32.4 Å². The molecule has 0 bridgehead atoms. The Hall–Kier alpha value is -2.61. The average Bonchev–Trinajstić information content (AvgIpc) is 3.09. The summed E-state index contributed by atoms with van der Waals surface area (Å²) in [5.41, 5.74) is 1.12. The van der Waals surface area contributed by atoms with Crippen molar-refractivity contribution in [1.29, 1.82) is 0 Å². The molecule has 0 aromatic carbocycles. The van der Waals surface area contributed by atoms with Crippen LogP contribution in [-0.4, -0.2) is 70.1 Å². The maximum absolute atomic E-state index is 12.8. The number of carbonyl (C=O) groups excluding carboxylic acids is 3. The van der Waals surface area contributed by atoms with Gasteiger partial charge in [-0.25, -0.2) is 9.59 Å². The van der Waals surface area contributed by atoms with Gasteiger partial charge in [0, 0.05) is 19.0 Å². The summed E-state index contributed by atoms with van der Waals surface area (Å²) in [6.45, 7) is 7.56. The standard InChI is InChI=1S/C42H75NO7/c1-6-9-12-14-15-16-17-18-19-20-21-22-23-24-27-31-40(44)48-35-39(37-50-42(46)47-33-28-32-43(4)5)36-49-41(45)34-38(29-25-11-8-3)30-26-13-10-7-2/h15-16,18-19,34,39H,6-14,17,20-33,35-37H2,1-5H3/b16-15-,19-18-,38-34+. The molecule has 0 aliphatic carbocycles. The zero-order valence-electron chi connectivity index (χ0n) is 32.9. The third-order valence-corrected chi connectivity index (χ3v) is 8.45. The van der Waals surface area contributed by atoms with Gasteiger partial charge in [-0.15, -0.1) is 0 Å². The Morgan fingerprint density at radius 3 is 1.76 bits per heavy atom. The summed E-state index contributed by atoms with van der Waals surface area (Å²) in [5.74, 6) is -1.17. The minimum Gasteiger partial charge on any atom is -0.465 e.